The molecule has 1 atom stereocenters. The molecule has 7 heteroatoms. The van der Waals surface area contributed by atoms with Gasteiger partial charge in [0.05, 0.1) is 6.42 Å². The van der Waals surface area contributed by atoms with Crippen molar-refractivity contribution < 1.29 is 18.9 Å². The number of aliphatic carboxylic acids is 1. The quantitative estimate of drug-likeness (QED) is 0.733. The number of carbonyl (C=O) groups excluding carboxylic acids is 1. The molecule has 1 aliphatic heterocycles. The molecule has 2 rings (SSSR count). The molecule has 1 unspecified atom stereocenters. The first-order valence-corrected chi connectivity index (χ1v) is 8.42. The Morgan fingerprint density at radius 3 is 2.30 bits per heavy atom. The molecule has 0 aromatic heterocycles. The van der Waals surface area contributed by atoms with Gasteiger partial charge in [-0.15, -0.1) is 0 Å². The molecular formula is C13H22N2O4S. The van der Waals surface area contributed by atoms with E-state index in [2.05, 4.69) is 4.90 Å². The lowest BCUT2D eigenvalue weighted by atomic mass is 10.1. The summed E-state index contributed by atoms with van der Waals surface area (Å²) in [6.07, 6.45) is 1.70. The molecule has 0 aromatic carbocycles. The Balaban J connectivity index is 1.77. The summed E-state index contributed by atoms with van der Waals surface area (Å²) in [7, 11) is 0.765. The number of likely N-dealkylation sites (N-methyl/N-ethyl adjacent to an activating group) is 1. The van der Waals surface area contributed by atoms with Gasteiger partial charge in [0.25, 0.3) is 0 Å². The topological polar surface area (TPSA) is 77.9 Å². The van der Waals surface area contributed by atoms with Gasteiger partial charge in [-0.05, 0) is 25.3 Å². The summed E-state index contributed by atoms with van der Waals surface area (Å²) in [4.78, 5) is 26.7. The van der Waals surface area contributed by atoms with Crippen LogP contribution in [0.5, 0.6) is 0 Å². The minimum atomic E-state index is -1.25. The van der Waals surface area contributed by atoms with Crippen LogP contribution in [-0.4, -0.2) is 75.7 Å². The largest absolute Gasteiger partial charge is 0.481 e. The van der Waals surface area contributed by atoms with Crippen LogP contribution in [0.2, 0.25) is 0 Å². The summed E-state index contributed by atoms with van der Waals surface area (Å²) >= 11 is 0. The van der Waals surface area contributed by atoms with Crippen LogP contribution in [-0.2, 0) is 20.4 Å². The third-order valence-electron chi connectivity index (χ3n) is 4.09. The van der Waals surface area contributed by atoms with E-state index < -0.39 is 16.8 Å². The van der Waals surface area contributed by atoms with E-state index in [0.29, 0.717) is 18.8 Å². The van der Waals surface area contributed by atoms with Crippen LogP contribution in [0.15, 0.2) is 0 Å². The van der Waals surface area contributed by atoms with Gasteiger partial charge in [0.15, 0.2) is 0 Å². The smallest absolute Gasteiger partial charge is 0.303 e. The zero-order chi connectivity index (χ0) is 14.8. The molecule has 0 spiro atoms. The van der Waals surface area contributed by atoms with E-state index in [1.54, 1.807) is 4.90 Å². The number of nitrogens with zero attached hydrogens (tertiary/aromatic N) is 2. The Morgan fingerprint density at radius 1 is 1.20 bits per heavy atom. The zero-order valence-electron chi connectivity index (χ0n) is 11.8. The second kappa shape index (κ2) is 6.22. The van der Waals surface area contributed by atoms with E-state index in [9.17, 15) is 13.8 Å². The van der Waals surface area contributed by atoms with Crippen molar-refractivity contribution >= 4 is 22.7 Å². The molecule has 1 saturated heterocycles. The van der Waals surface area contributed by atoms with E-state index in [4.69, 9.17) is 5.11 Å². The highest BCUT2D eigenvalue weighted by atomic mass is 32.2. The summed E-state index contributed by atoms with van der Waals surface area (Å²) in [6, 6.07) is 0. The Kier molecular flexibility index (Phi) is 4.80. The van der Waals surface area contributed by atoms with Crippen molar-refractivity contribution in [3.05, 3.63) is 0 Å². The van der Waals surface area contributed by atoms with Crippen molar-refractivity contribution in [2.45, 2.75) is 19.3 Å². The number of hydrogen-bond donors (Lipinski definition) is 1. The van der Waals surface area contributed by atoms with E-state index >= 15 is 0 Å². The Labute approximate surface area is 121 Å². The number of amides is 1. The van der Waals surface area contributed by atoms with Crippen molar-refractivity contribution in [3.63, 3.8) is 0 Å². The Bertz CT molecular complexity index is 415. The van der Waals surface area contributed by atoms with Crippen molar-refractivity contribution in [2.75, 3.05) is 44.7 Å². The number of carboxylic acids is 1. The van der Waals surface area contributed by atoms with Crippen LogP contribution >= 0.6 is 0 Å². The lowest BCUT2D eigenvalue weighted by Crippen LogP contribution is -2.48. The molecule has 2 fully saturated rings. The summed E-state index contributed by atoms with van der Waals surface area (Å²) in [5.74, 6) is -0.531. The molecule has 20 heavy (non-hydrogen) atoms. The summed E-state index contributed by atoms with van der Waals surface area (Å²) < 4.78 is 12.1. The second-order valence-corrected chi connectivity index (χ2v) is 7.44. The first-order chi connectivity index (χ1) is 9.40. The highest BCUT2D eigenvalue weighted by Crippen LogP contribution is 2.49. The van der Waals surface area contributed by atoms with Gasteiger partial charge in [-0.1, -0.05) is 0 Å². The fraction of sp³-hybridized carbons (Fsp3) is 0.846. The Morgan fingerprint density at radius 2 is 1.80 bits per heavy atom. The van der Waals surface area contributed by atoms with E-state index in [1.807, 2.05) is 7.05 Å². The molecule has 0 bridgehead atoms. The van der Waals surface area contributed by atoms with Crippen molar-refractivity contribution in [1.29, 1.82) is 0 Å². The van der Waals surface area contributed by atoms with E-state index in [0.717, 1.165) is 25.9 Å². The molecular weight excluding hydrogens is 280 g/mol. The monoisotopic (exact) mass is 302 g/mol. The van der Waals surface area contributed by atoms with E-state index in [1.165, 1.54) is 0 Å². The van der Waals surface area contributed by atoms with Gasteiger partial charge >= 0.3 is 5.97 Å². The lowest BCUT2D eigenvalue weighted by molar-refractivity contribution is -0.138. The average Bonchev–Trinajstić information content (AvgIpc) is 3.07. The van der Waals surface area contributed by atoms with E-state index in [-0.39, 0.29) is 23.5 Å². The van der Waals surface area contributed by atoms with Gasteiger partial charge in [0.2, 0.25) is 5.91 Å². The summed E-state index contributed by atoms with van der Waals surface area (Å²) in [5, 5.41) is 8.83. The molecule has 1 saturated carbocycles. The van der Waals surface area contributed by atoms with Crippen LogP contribution in [0.1, 0.15) is 19.3 Å². The average molecular weight is 302 g/mol. The fourth-order valence-corrected chi connectivity index (χ4v) is 4.18. The van der Waals surface area contributed by atoms with Gasteiger partial charge in [-0.3, -0.25) is 13.8 Å². The predicted molar refractivity (Wildman–Crippen MR) is 75.9 cm³/mol. The second-order valence-electron chi connectivity index (χ2n) is 5.98. The Hall–Kier alpha value is -0.950. The molecule has 0 radical (unpaired) electrons. The van der Waals surface area contributed by atoms with Crippen LogP contribution in [0, 0.1) is 5.41 Å². The van der Waals surface area contributed by atoms with Crippen LogP contribution in [0.3, 0.4) is 0 Å². The van der Waals surface area contributed by atoms with Crippen molar-refractivity contribution in [1.82, 2.24) is 9.80 Å². The number of hydrogen-bond acceptors (Lipinski definition) is 4. The molecule has 1 amide bonds. The molecule has 2 aliphatic rings. The van der Waals surface area contributed by atoms with Crippen LogP contribution in [0.4, 0.5) is 0 Å². The fourth-order valence-electron chi connectivity index (χ4n) is 2.55. The van der Waals surface area contributed by atoms with Crippen molar-refractivity contribution in [3.8, 4) is 0 Å². The number of carbonyl (C=O) groups is 2. The third kappa shape index (κ3) is 4.28. The molecule has 6 nitrogen and oxygen atoms in total. The highest BCUT2D eigenvalue weighted by Gasteiger charge is 2.45. The normalized spacial score (nSPS) is 23.4. The van der Waals surface area contributed by atoms with Gasteiger partial charge in [0.1, 0.15) is 5.75 Å². The van der Waals surface area contributed by atoms with Gasteiger partial charge in [-0.2, -0.15) is 0 Å². The minimum absolute atomic E-state index is 0.0328. The van der Waals surface area contributed by atoms with Gasteiger partial charge in [0, 0.05) is 42.7 Å². The standard InChI is InChI=1S/C13H22N2O4S/c1-14-4-6-15(7-5-14)11(16)9-20(19)10-13(2-3-13)8-12(17)18/h2-10H2,1H3,(H,17,18). The third-order valence-corrected chi connectivity index (χ3v) is 5.59. The number of piperazine rings is 1. The summed E-state index contributed by atoms with van der Waals surface area (Å²) in [5.41, 5.74) is -0.306. The predicted octanol–water partition coefficient (Wildman–Crippen LogP) is -0.236. The number of carboxylic acid groups (broad SMARTS) is 1. The molecule has 0 aromatic rings. The SMILES string of the molecule is CN1CCN(C(=O)CS(=O)CC2(CC(=O)O)CC2)CC1. The highest BCUT2D eigenvalue weighted by molar-refractivity contribution is 7.85. The summed E-state index contributed by atoms with van der Waals surface area (Å²) in [6.45, 7) is 3.07. The maximum absolute atomic E-state index is 12.1. The minimum Gasteiger partial charge on any atom is -0.481 e. The molecule has 1 heterocycles. The zero-order valence-corrected chi connectivity index (χ0v) is 12.7. The van der Waals surface area contributed by atoms with Crippen molar-refractivity contribution in [2.24, 2.45) is 5.41 Å². The van der Waals surface area contributed by atoms with Crippen LogP contribution < -0.4 is 0 Å². The molecule has 1 aliphatic carbocycles. The maximum atomic E-state index is 12.1. The van der Waals surface area contributed by atoms with Gasteiger partial charge in [-0.25, -0.2) is 0 Å². The molecule has 114 valence electrons. The molecule has 1 N–H and O–H groups in total. The number of rotatable bonds is 6. The van der Waals surface area contributed by atoms with Crippen LogP contribution in [0.25, 0.3) is 0 Å². The lowest BCUT2D eigenvalue weighted by Gasteiger charge is -2.32. The van der Waals surface area contributed by atoms with Gasteiger partial charge < -0.3 is 14.9 Å². The first kappa shape index (κ1) is 15.4. The maximum Gasteiger partial charge on any atom is 0.303 e. The first-order valence-electron chi connectivity index (χ1n) is 6.93.